The second kappa shape index (κ2) is 4.65. The molecule has 1 amide bonds. The zero-order valence-electron chi connectivity index (χ0n) is 10.7. The first-order valence-corrected chi connectivity index (χ1v) is 6.45. The molecule has 0 aromatic carbocycles. The van der Waals surface area contributed by atoms with E-state index in [1.807, 2.05) is 30.1 Å². The zero-order chi connectivity index (χ0) is 12.5. The summed E-state index contributed by atoms with van der Waals surface area (Å²) in [5.41, 5.74) is 5.55. The number of carbonyl (C=O) groups is 1. The molecule has 3 nitrogen and oxygen atoms in total. The minimum atomic E-state index is -0.397. The van der Waals surface area contributed by atoms with Crippen LogP contribution in [0.25, 0.3) is 0 Å². The summed E-state index contributed by atoms with van der Waals surface area (Å²) in [4.78, 5) is 14.6. The highest BCUT2D eigenvalue weighted by atomic mass is 16.2. The molecule has 2 aliphatic rings. The smallest absolute Gasteiger partial charge is 0.232 e. The molecule has 2 N–H and O–H groups in total. The van der Waals surface area contributed by atoms with E-state index in [2.05, 4.69) is 13.0 Å². The highest BCUT2D eigenvalue weighted by molar-refractivity contribution is 5.85. The fourth-order valence-corrected chi connectivity index (χ4v) is 2.64. The molecule has 0 spiro atoms. The molecule has 0 saturated carbocycles. The van der Waals surface area contributed by atoms with Gasteiger partial charge in [-0.15, -0.1) is 0 Å². The molecule has 0 radical (unpaired) electrons. The number of nitrogens with zero attached hydrogens (tertiary/aromatic N) is 1. The van der Waals surface area contributed by atoms with Gasteiger partial charge in [0.1, 0.15) is 0 Å². The SMILES string of the molecule is CC1C=CC=CC1(C)C(=O)N1CCC[C@H](N)C1. The number of likely N-dealkylation sites (tertiary alicyclic amines) is 1. The minimum absolute atomic E-state index is 0.148. The molecule has 2 unspecified atom stereocenters. The monoisotopic (exact) mass is 234 g/mol. The fraction of sp³-hybridized carbons (Fsp3) is 0.643. The highest BCUT2D eigenvalue weighted by Crippen LogP contribution is 2.35. The molecule has 3 atom stereocenters. The first kappa shape index (κ1) is 12.4. The molecule has 1 heterocycles. The Morgan fingerprint density at radius 2 is 2.24 bits per heavy atom. The van der Waals surface area contributed by atoms with Crippen LogP contribution >= 0.6 is 0 Å². The molecule has 1 aliphatic heterocycles. The van der Waals surface area contributed by atoms with Crippen molar-refractivity contribution in [2.45, 2.75) is 32.7 Å². The summed E-state index contributed by atoms with van der Waals surface area (Å²) in [6.07, 6.45) is 10.2. The van der Waals surface area contributed by atoms with Crippen LogP contribution in [-0.2, 0) is 4.79 Å². The molecule has 1 fully saturated rings. The first-order chi connectivity index (χ1) is 8.04. The molecule has 17 heavy (non-hydrogen) atoms. The lowest BCUT2D eigenvalue weighted by Gasteiger charge is -2.39. The predicted molar refractivity (Wildman–Crippen MR) is 69.3 cm³/mol. The van der Waals surface area contributed by atoms with E-state index < -0.39 is 5.41 Å². The molecule has 0 aromatic rings. The van der Waals surface area contributed by atoms with Gasteiger partial charge in [-0.3, -0.25) is 4.79 Å². The van der Waals surface area contributed by atoms with Crippen molar-refractivity contribution in [3.63, 3.8) is 0 Å². The van der Waals surface area contributed by atoms with Gasteiger partial charge in [-0.05, 0) is 25.7 Å². The third-order valence-corrected chi connectivity index (χ3v) is 4.11. The molecule has 3 heteroatoms. The summed E-state index contributed by atoms with van der Waals surface area (Å²) in [6.45, 7) is 5.69. The van der Waals surface area contributed by atoms with Crippen LogP contribution in [0.15, 0.2) is 24.3 Å². The van der Waals surface area contributed by atoms with Crippen LogP contribution in [0, 0.1) is 11.3 Å². The summed E-state index contributed by atoms with van der Waals surface area (Å²) >= 11 is 0. The van der Waals surface area contributed by atoms with Crippen LogP contribution in [0.3, 0.4) is 0 Å². The Bertz CT molecular complexity index is 361. The molecule has 2 rings (SSSR count). The summed E-state index contributed by atoms with van der Waals surface area (Å²) in [5.74, 6) is 0.471. The van der Waals surface area contributed by atoms with Crippen molar-refractivity contribution >= 4 is 5.91 Å². The Hall–Kier alpha value is -1.09. The van der Waals surface area contributed by atoms with Crippen molar-refractivity contribution in [1.82, 2.24) is 4.90 Å². The van der Waals surface area contributed by atoms with Gasteiger partial charge in [0.05, 0.1) is 5.41 Å². The minimum Gasteiger partial charge on any atom is -0.340 e. The zero-order valence-corrected chi connectivity index (χ0v) is 10.7. The van der Waals surface area contributed by atoms with E-state index in [9.17, 15) is 4.79 Å². The number of allylic oxidation sites excluding steroid dienone is 3. The standard InChI is InChI=1S/C14H22N2O/c1-11-6-3-4-8-14(11,2)13(17)16-9-5-7-12(15)10-16/h3-4,6,8,11-12H,5,7,9-10,15H2,1-2H3/t11?,12-,14?/m0/s1. The van der Waals surface area contributed by atoms with Gasteiger partial charge in [-0.1, -0.05) is 31.2 Å². The highest BCUT2D eigenvalue weighted by Gasteiger charge is 2.39. The van der Waals surface area contributed by atoms with Gasteiger partial charge in [-0.2, -0.15) is 0 Å². The Kier molecular flexibility index (Phi) is 3.38. The molecule has 0 aromatic heterocycles. The van der Waals surface area contributed by atoms with Gasteiger partial charge in [0.15, 0.2) is 0 Å². The Morgan fingerprint density at radius 3 is 2.88 bits per heavy atom. The molecule has 0 bridgehead atoms. The maximum absolute atomic E-state index is 12.6. The van der Waals surface area contributed by atoms with Gasteiger partial charge in [0.2, 0.25) is 5.91 Å². The largest absolute Gasteiger partial charge is 0.340 e. The fourth-order valence-electron chi connectivity index (χ4n) is 2.64. The van der Waals surface area contributed by atoms with Crippen molar-refractivity contribution in [2.24, 2.45) is 17.1 Å². The van der Waals surface area contributed by atoms with E-state index in [0.29, 0.717) is 6.54 Å². The summed E-state index contributed by atoms with van der Waals surface area (Å²) in [7, 11) is 0. The second-order valence-electron chi connectivity index (χ2n) is 5.47. The lowest BCUT2D eigenvalue weighted by Crippen LogP contribution is -2.51. The van der Waals surface area contributed by atoms with Crippen LogP contribution in [0.2, 0.25) is 0 Å². The van der Waals surface area contributed by atoms with E-state index in [1.165, 1.54) is 0 Å². The van der Waals surface area contributed by atoms with Crippen molar-refractivity contribution in [2.75, 3.05) is 13.1 Å². The lowest BCUT2D eigenvalue weighted by atomic mass is 9.74. The van der Waals surface area contributed by atoms with Crippen LogP contribution < -0.4 is 5.73 Å². The second-order valence-corrected chi connectivity index (χ2v) is 5.47. The third-order valence-electron chi connectivity index (χ3n) is 4.11. The maximum Gasteiger partial charge on any atom is 0.232 e. The van der Waals surface area contributed by atoms with Gasteiger partial charge in [-0.25, -0.2) is 0 Å². The number of hydrogen-bond acceptors (Lipinski definition) is 2. The normalized spacial score (nSPS) is 37.2. The van der Waals surface area contributed by atoms with Crippen LogP contribution in [0.5, 0.6) is 0 Å². The quantitative estimate of drug-likeness (QED) is 0.750. The number of rotatable bonds is 1. The molecule has 1 saturated heterocycles. The molecular formula is C14H22N2O. The topological polar surface area (TPSA) is 46.3 Å². The number of amides is 1. The van der Waals surface area contributed by atoms with Crippen molar-refractivity contribution < 1.29 is 4.79 Å². The van der Waals surface area contributed by atoms with Crippen molar-refractivity contribution in [3.8, 4) is 0 Å². The van der Waals surface area contributed by atoms with Crippen molar-refractivity contribution in [1.29, 1.82) is 0 Å². The van der Waals surface area contributed by atoms with E-state index in [1.54, 1.807) is 0 Å². The van der Waals surface area contributed by atoms with Gasteiger partial charge >= 0.3 is 0 Å². The summed E-state index contributed by atoms with van der Waals surface area (Å²) in [5, 5.41) is 0. The Balaban J connectivity index is 2.13. The number of carbonyl (C=O) groups excluding carboxylic acids is 1. The van der Waals surface area contributed by atoms with Crippen LogP contribution in [0.4, 0.5) is 0 Å². The van der Waals surface area contributed by atoms with Gasteiger partial charge in [0, 0.05) is 19.1 Å². The van der Waals surface area contributed by atoms with E-state index >= 15 is 0 Å². The van der Waals surface area contributed by atoms with Gasteiger partial charge in [0.25, 0.3) is 0 Å². The lowest BCUT2D eigenvalue weighted by molar-refractivity contribution is -0.141. The van der Waals surface area contributed by atoms with Crippen molar-refractivity contribution in [3.05, 3.63) is 24.3 Å². The molecule has 94 valence electrons. The number of hydrogen-bond donors (Lipinski definition) is 1. The number of piperidine rings is 1. The van der Waals surface area contributed by atoms with Crippen LogP contribution in [-0.4, -0.2) is 29.9 Å². The van der Waals surface area contributed by atoms with E-state index in [-0.39, 0.29) is 17.9 Å². The molecular weight excluding hydrogens is 212 g/mol. The van der Waals surface area contributed by atoms with Gasteiger partial charge < -0.3 is 10.6 Å². The Morgan fingerprint density at radius 1 is 1.47 bits per heavy atom. The van der Waals surface area contributed by atoms with Crippen LogP contribution in [0.1, 0.15) is 26.7 Å². The Labute approximate surface area is 103 Å². The predicted octanol–water partition coefficient (Wildman–Crippen LogP) is 1.70. The molecule has 1 aliphatic carbocycles. The van der Waals surface area contributed by atoms with E-state index in [4.69, 9.17) is 5.73 Å². The first-order valence-electron chi connectivity index (χ1n) is 6.45. The summed E-state index contributed by atoms with van der Waals surface area (Å²) < 4.78 is 0. The average molecular weight is 234 g/mol. The summed E-state index contributed by atoms with van der Waals surface area (Å²) in [6, 6.07) is 0.148. The average Bonchev–Trinajstić information content (AvgIpc) is 2.32. The third kappa shape index (κ3) is 2.29. The number of nitrogens with two attached hydrogens (primary N) is 1. The van der Waals surface area contributed by atoms with E-state index in [0.717, 1.165) is 19.4 Å². The maximum atomic E-state index is 12.6.